The van der Waals surface area contributed by atoms with Crippen LogP contribution in [0.5, 0.6) is 0 Å². The summed E-state index contributed by atoms with van der Waals surface area (Å²) in [5.41, 5.74) is -0.230. The molecule has 0 aromatic carbocycles. The molecule has 0 aliphatic carbocycles. The number of hydrogen-bond donors (Lipinski definition) is 1. The lowest BCUT2D eigenvalue weighted by Gasteiger charge is -2.08. The summed E-state index contributed by atoms with van der Waals surface area (Å²) in [6.07, 6.45) is 0. The van der Waals surface area contributed by atoms with Crippen LogP contribution < -0.4 is 0 Å². The summed E-state index contributed by atoms with van der Waals surface area (Å²) in [5.74, 6) is -1.59. The molecular weight excluding hydrogens is 254 g/mol. The molecule has 88 valence electrons. The Morgan fingerprint density at radius 1 is 1.56 bits per heavy atom. The molecule has 0 atom stereocenters. The number of nitrogens with zero attached hydrogens (tertiary/aromatic N) is 1. The number of aromatic nitrogens is 1. The fraction of sp³-hybridized carbons (Fsp3) is 0.333. The van der Waals surface area contributed by atoms with Crippen LogP contribution in [-0.2, 0) is 9.84 Å². The third-order valence-electron chi connectivity index (χ3n) is 2.02. The molecule has 0 aliphatic heterocycles. The van der Waals surface area contributed by atoms with Gasteiger partial charge in [0.1, 0.15) is 10.0 Å². The summed E-state index contributed by atoms with van der Waals surface area (Å²) in [7, 11) is -3.62. The number of carboxylic acid groups (broad SMARTS) is 1. The van der Waals surface area contributed by atoms with Gasteiger partial charge in [-0.05, 0) is 18.6 Å². The van der Waals surface area contributed by atoms with Gasteiger partial charge in [-0.15, -0.1) is 0 Å². The minimum Gasteiger partial charge on any atom is -0.476 e. The largest absolute Gasteiger partial charge is 0.476 e. The molecule has 0 saturated carbocycles. The molecule has 1 aromatic rings. The van der Waals surface area contributed by atoms with Crippen molar-refractivity contribution >= 4 is 27.4 Å². The van der Waals surface area contributed by atoms with E-state index >= 15 is 0 Å². The first-order chi connectivity index (χ1) is 7.29. The lowest BCUT2D eigenvalue weighted by atomic mass is 10.2. The molecule has 0 spiro atoms. The maximum atomic E-state index is 11.7. The number of sulfone groups is 1. The van der Waals surface area contributed by atoms with Gasteiger partial charge in [0.15, 0.2) is 15.5 Å². The third-order valence-corrected chi connectivity index (χ3v) is 4.11. The standard InChI is InChI=1S/C9H10ClNO4S/c1-3-16(14,15)8-5(2)4-6(10)11-7(8)9(12)13/h4H,3H2,1-2H3,(H,12,13). The van der Waals surface area contributed by atoms with Crippen molar-refractivity contribution in [2.45, 2.75) is 18.7 Å². The van der Waals surface area contributed by atoms with Gasteiger partial charge in [0, 0.05) is 0 Å². The van der Waals surface area contributed by atoms with Crippen LogP contribution in [0.2, 0.25) is 5.15 Å². The molecule has 1 heterocycles. The van der Waals surface area contributed by atoms with E-state index < -0.39 is 21.5 Å². The fourth-order valence-electron chi connectivity index (χ4n) is 1.30. The molecule has 0 aliphatic rings. The Balaban J connectivity index is 3.67. The number of halogens is 1. The molecule has 5 nitrogen and oxygen atoms in total. The highest BCUT2D eigenvalue weighted by Crippen LogP contribution is 2.23. The second-order valence-electron chi connectivity index (χ2n) is 3.15. The molecule has 0 radical (unpaired) electrons. The topological polar surface area (TPSA) is 84.3 Å². The van der Waals surface area contributed by atoms with Crippen LogP contribution in [0.4, 0.5) is 0 Å². The highest BCUT2D eigenvalue weighted by molar-refractivity contribution is 7.91. The van der Waals surface area contributed by atoms with E-state index in [1.165, 1.54) is 19.9 Å². The van der Waals surface area contributed by atoms with Gasteiger partial charge in [-0.2, -0.15) is 0 Å². The molecule has 1 N–H and O–H groups in total. The van der Waals surface area contributed by atoms with E-state index in [0.29, 0.717) is 5.56 Å². The Morgan fingerprint density at radius 3 is 2.56 bits per heavy atom. The summed E-state index contributed by atoms with van der Waals surface area (Å²) >= 11 is 5.59. The summed E-state index contributed by atoms with van der Waals surface area (Å²) in [4.78, 5) is 14.2. The van der Waals surface area contributed by atoms with E-state index in [-0.39, 0.29) is 15.8 Å². The summed E-state index contributed by atoms with van der Waals surface area (Å²) in [5, 5.41) is 8.85. The van der Waals surface area contributed by atoms with Gasteiger partial charge in [0.05, 0.1) is 5.75 Å². The second-order valence-corrected chi connectivity index (χ2v) is 5.75. The van der Waals surface area contributed by atoms with Gasteiger partial charge in [0.2, 0.25) is 0 Å². The number of rotatable bonds is 3. The first-order valence-electron chi connectivity index (χ1n) is 4.42. The minimum absolute atomic E-state index is 0.0371. The average molecular weight is 264 g/mol. The summed E-state index contributed by atoms with van der Waals surface area (Å²) in [6.45, 7) is 2.93. The first-order valence-corrected chi connectivity index (χ1v) is 6.45. The van der Waals surface area contributed by atoms with Crippen molar-refractivity contribution < 1.29 is 18.3 Å². The zero-order valence-electron chi connectivity index (χ0n) is 8.69. The van der Waals surface area contributed by atoms with Crippen molar-refractivity contribution in [1.82, 2.24) is 4.98 Å². The van der Waals surface area contributed by atoms with E-state index in [1.54, 1.807) is 0 Å². The average Bonchev–Trinajstić information content (AvgIpc) is 2.15. The van der Waals surface area contributed by atoms with Gasteiger partial charge in [-0.3, -0.25) is 0 Å². The van der Waals surface area contributed by atoms with E-state index in [4.69, 9.17) is 16.7 Å². The van der Waals surface area contributed by atoms with E-state index in [2.05, 4.69) is 4.98 Å². The maximum absolute atomic E-state index is 11.7. The molecule has 1 aromatic heterocycles. The van der Waals surface area contributed by atoms with Gasteiger partial charge in [0.25, 0.3) is 0 Å². The lowest BCUT2D eigenvalue weighted by molar-refractivity contribution is 0.0685. The Bertz CT molecular complexity index is 539. The van der Waals surface area contributed by atoms with E-state index in [1.807, 2.05) is 0 Å². The van der Waals surface area contributed by atoms with Crippen LogP contribution in [0, 0.1) is 6.92 Å². The Kier molecular flexibility index (Phi) is 3.54. The van der Waals surface area contributed by atoms with Crippen molar-refractivity contribution in [2.24, 2.45) is 0 Å². The number of pyridine rings is 1. The van der Waals surface area contributed by atoms with Crippen molar-refractivity contribution in [3.05, 3.63) is 22.5 Å². The van der Waals surface area contributed by atoms with Crippen molar-refractivity contribution in [1.29, 1.82) is 0 Å². The zero-order chi connectivity index (χ0) is 12.5. The smallest absolute Gasteiger partial charge is 0.355 e. The first kappa shape index (κ1) is 12.9. The molecule has 16 heavy (non-hydrogen) atoms. The van der Waals surface area contributed by atoms with E-state index in [9.17, 15) is 13.2 Å². The molecule has 0 unspecified atom stereocenters. The normalized spacial score (nSPS) is 11.4. The lowest BCUT2D eigenvalue weighted by Crippen LogP contribution is -2.14. The van der Waals surface area contributed by atoms with Gasteiger partial charge < -0.3 is 5.11 Å². The van der Waals surface area contributed by atoms with Crippen LogP contribution in [0.15, 0.2) is 11.0 Å². The predicted molar refractivity (Wildman–Crippen MR) is 58.7 cm³/mol. The second kappa shape index (κ2) is 4.39. The third kappa shape index (κ3) is 2.33. The molecular formula is C9H10ClNO4S. The number of aryl methyl sites for hydroxylation is 1. The van der Waals surface area contributed by atoms with Crippen molar-refractivity contribution in [2.75, 3.05) is 5.75 Å². The Morgan fingerprint density at radius 2 is 2.12 bits per heavy atom. The van der Waals surface area contributed by atoms with Gasteiger partial charge in [-0.25, -0.2) is 18.2 Å². The monoisotopic (exact) mass is 263 g/mol. The Labute approximate surface area is 98.0 Å². The fourth-order valence-corrected chi connectivity index (χ4v) is 2.82. The highest BCUT2D eigenvalue weighted by atomic mass is 35.5. The molecule has 7 heteroatoms. The predicted octanol–water partition coefficient (Wildman–Crippen LogP) is 1.54. The van der Waals surface area contributed by atoms with Gasteiger partial charge >= 0.3 is 5.97 Å². The molecule has 0 fully saturated rings. The minimum atomic E-state index is -3.62. The molecule has 1 rings (SSSR count). The molecule has 0 amide bonds. The number of carbonyl (C=O) groups is 1. The van der Waals surface area contributed by atoms with E-state index in [0.717, 1.165) is 0 Å². The van der Waals surface area contributed by atoms with Gasteiger partial charge in [-0.1, -0.05) is 18.5 Å². The molecule has 0 bridgehead atoms. The highest BCUT2D eigenvalue weighted by Gasteiger charge is 2.25. The quantitative estimate of drug-likeness (QED) is 0.836. The molecule has 0 saturated heterocycles. The number of hydrogen-bond acceptors (Lipinski definition) is 4. The van der Waals surface area contributed by atoms with Crippen LogP contribution in [0.3, 0.4) is 0 Å². The number of carboxylic acids is 1. The zero-order valence-corrected chi connectivity index (χ0v) is 10.3. The van der Waals surface area contributed by atoms with Crippen LogP contribution >= 0.6 is 11.6 Å². The SMILES string of the molecule is CCS(=O)(=O)c1c(C)cc(Cl)nc1C(=O)O. The van der Waals surface area contributed by atoms with Crippen LogP contribution in [0.25, 0.3) is 0 Å². The van der Waals surface area contributed by atoms with Crippen molar-refractivity contribution in [3.8, 4) is 0 Å². The summed E-state index contributed by atoms with van der Waals surface area (Å²) in [6, 6.07) is 1.33. The van der Waals surface area contributed by atoms with Crippen LogP contribution in [-0.4, -0.2) is 30.2 Å². The van der Waals surface area contributed by atoms with Crippen molar-refractivity contribution in [3.63, 3.8) is 0 Å². The maximum Gasteiger partial charge on any atom is 0.355 e. The number of aromatic carboxylic acids is 1. The van der Waals surface area contributed by atoms with Crippen LogP contribution in [0.1, 0.15) is 23.0 Å². The summed E-state index contributed by atoms with van der Waals surface area (Å²) < 4.78 is 23.4. The Hall–Kier alpha value is -1.14.